The summed E-state index contributed by atoms with van der Waals surface area (Å²) < 4.78 is 0. The van der Waals surface area contributed by atoms with Crippen molar-refractivity contribution < 1.29 is 0 Å². The molecule has 0 aliphatic heterocycles. The molecule has 0 spiro atoms. The zero-order valence-electron chi connectivity index (χ0n) is 8.77. The summed E-state index contributed by atoms with van der Waals surface area (Å²) >= 11 is 0. The van der Waals surface area contributed by atoms with Crippen molar-refractivity contribution in [3.05, 3.63) is 0 Å². The van der Waals surface area contributed by atoms with Gasteiger partial charge in [-0.1, -0.05) is 13.8 Å². The van der Waals surface area contributed by atoms with Gasteiger partial charge in [0, 0.05) is 6.04 Å². The van der Waals surface area contributed by atoms with E-state index in [-0.39, 0.29) is 0 Å². The van der Waals surface area contributed by atoms with E-state index in [9.17, 15) is 0 Å². The Kier molecular flexibility index (Phi) is 4.07. The largest absolute Gasteiger partial charge is 0.317 e. The minimum atomic E-state index is 0.813. The molecule has 1 saturated carbocycles. The van der Waals surface area contributed by atoms with Gasteiger partial charge >= 0.3 is 0 Å². The van der Waals surface area contributed by atoms with E-state index < -0.39 is 0 Å². The van der Waals surface area contributed by atoms with Gasteiger partial charge in [-0.3, -0.25) is 0 Å². The Morgan fingerprint density at radius 3 is 2.17 bits per heavy atom. The highest BCUT2D eigenvalue weighted by molar-refractivity contribution is 4.76. The van der Waals surface area contributed by atoms with Gasteiger partial charge in [-0.05, 0) is 51.0 Å². The first-order chi connectivity index (χ1) is 5.72. The third-order valence-electron chi connectivity index (χ3n) is 3.06. The SMILES string of the molecule is CNC1CCC(CC(C)C)CC1. The van der Waals surface area contributed by atoms with Crippen molar-refractivity contribution in [3.8, 4) is 0 Å². The van der Waals surface area contributed by atoms with Gasteiger partial charge in [0.25, 0.3) is 0 Å². The molecule has 72 valence electrons. The molecule has 1 aliphatic rings. The number of hydrogen-bond donors (Lipinski definition) is 1. The Balaban J connectivity index is 2.17. The van der Waals surface area contributed by atoms with Gasteiger partial charge in [0.15, 0.2) is 0 Å². The van der Waals surface area contributed by atoms with Crippen LogP contribution in [0.1, 0.15) is 46.0 Å². The molecule has 0 amide bonds. The van der Waals surface area contributed by atoms with Gasteiger partial charge in [-0.2, -0.15) is 0 Å². The Labute approximate surface area is 76.9 Å². The molecule has 12 heavy (non-hydrogen) atoms. The predicted molar refractivity (Wildman–Crippen MR) is 54.3 cm³/mol. The number of hydrogen-bond acceptors (Lipinski definition) is 1. The van der Waals surface area contributed by atoms with E-state index in [0.29, 0.717) is 0 Å². The maximum absolute atomic E-state index is 3.38. The van der Waals surface area contributed by atoms with Gasteiger partial charge < -0.3 is 5.32 Å². The van der Waals surface area contributed by atoms with Crippen molar-refractivity contribution in [2.75, 3.05) is 7.05 Å². The average Bonchev–Trinajstić information content (AvgIpc) is 2.05. The second kappa shape index (κ2) is 4.86. The van der Waals surface area contributed by atoms with Crippen LogP contribution in [0.3, 0.4) is 0 Å². The summed E-state index contributed by atoms with van der Waals surface area (Å²) in [6, 6.07) is 0.813. The molecule has 0 unspecified atom stereocenters. The molecule has 1 fully saturated rings. The van der Waals surface area contributed by atoms with E-state index in [4.69, 9.17) is 0 Å². The summed E-state index contributed by atoms with van der Waals surface area (Å²) in [4.78, 5) is 0. The molecular formula is C11H23N. The van der Waals surface area contributed by atoms with Gasteiger partial charge in [-0.15, -0.1) is 0 Å². The first kappa shape index (κ1) is 10.0. The van der Waals surface area contributed by atoms with Gasteiger partial charge in [0.2, 0.25) is 0 Å². The molecule has 0 bridgehead atoms. The summed E-state index contributed by atoms with van der Waals surface area (Å²) in [6.45, 7) is 4.67. The number of rotatable bonds is 3. The van der Waals surface area contributed by atoms with Crippen molar-refractivity contribution in [2.24, 2.45) is 11.8 Å². The maximum atomic E-state index is 3.38. The fourth-order valence-corrected chi connectivity index (χ4v) is 2.35. The fraction of sp³-hybridized carbons (Fsp3) is 1.00. The second-order valence-corrected chi connectivity index (χ2v) is 4.64. The lowest BCUT2D eigenvalue weighted by molar-refractivity contribution is 0.266. The van der Waals surface area contributed by atoms with E-state index in [0.717, 1.165) is 17.9 Å². The van der Waals surface area contributed by atoms with Gasteiger partial charge in [-0.25, -0.2) is 0 Å². The summed E-state index contributed by atoms with van der Waals surface area (Å²) in [6.07, 6.45) is 7.13. The van der Waals surface area contributed by atoms with E-state index in [1.165, 1.54) is 32.1 Å². The van der Waals surface area contributed by atoms with Crippen LogP contribution in [0.4, 0.5) is 0 Å². The Hall–Kier alpha value is -0.0400. The average molecular weight is 169 g/mol. The lowest BCUT2D eigenvalue weighted by Gasteiger charge is -2.29. The van der Waals surface area contributed by atoms with Crippen LogP contribution in [-0.2, 0) is 0 Å². The molecule has 0 aromatic rings. The molecule has 0 radical (unpaired) electrons. The van der Waals surface area contributed by atoms with E-state index >= 15 is 0 Å². The Bertz CT molecular complexity index is 112. The van der Waals surface area contributed by atoms with Crippen LogP contribution < -0.4 is 5.32 Å². The van der Waals surface area contributed by atoms with Crippen LogP contribution in [0.15, 0.2) is 0 Å². The first-order valence-corrected chi connectivity index (χ1v) is 5.39. The van der Waals surface area contributed by atoms with Gasteiger partial charge in [0.05, 0.1) is 0 Å². The standard InChI is InChI=1S/C11H23N/c1-9(2)8-10-4-6-11(12-3)7-5-10/h9-12H,4-8H2,1-3H3. The fourth-order valence-electron chi connectivity index (χ4n) is 2.35. The van der Waals surface area contributed by atoms with Crippen molar-refractivity contribution in [1.29, 1.82) is 0 Å². The summed E-state index contributed by atoms with van der Waals surface area (Å²) in [5.41, 5.74) is 0. The van der Waals surface area contributed by atoms with Crippen LogP contribution in [-0.4, -0.2) is 13.1 Å². The van der Waals surface area contributed by atoms with Crippen LogP contribution in [0.25, 0.3) is 0 Å². The molecule has 0 atom stereocenters. The predicted octanol–water partition coefficient (Wildman–Crippen LogP) is 2.81. The van der Waals surface area contributed by atoms with Crippen molar-refractivity contribution >= 4 is 0 Å². The zero-order valence-corrected chi connectivity index (χ0v) is 8.77. The molecule has 0 aromatic heterocycles. The smallest absolute Gasteiger partial charge is 0.00642 e. The topological polar surface area (TPSA) is 12.0 Å². The highest BCUT2D eigenvalue weighted by Crippen LogP contribution is 2.28. The van der Waals surface area contributed by atoms with Crippen LogP contribution in [0, 0.1) is 11.8 Å². The van der Waals surface area contributed by atoms with Crippen molar-refractivity contribution in [1.82, 2.24) is 5.32 Å². The molecule has 1 heteroatoms. The molecule has 0 heterocycles. The first-order valence-electron chi connectivity index (χ1n) is 5.39. The molecule has 1 N–H and O–H groups in total. The Morgan fingerprint density at radius 2 is 1.75 bits per heavy atom. The third-order valence-corrected chi connectivity index (χ3v) is 3.06. The maximum Gasteiger partial charge on any atom is 0.00642 e. The molecule has 1 rings (SSSR count). The monoisotopic (exact) mass is 169 g/mol. The molecule has 1 nitrogen and oxygen atoms in total. The highest BCUT2D eigenvalue weighted by atomic mass is 14.9. The quantitative estimate of drug-likeness (QED) is 0.685. The van der Waals surface area contributed by atoms with Crippen LogP contribution in [0.2, 0.25) is 0 Å². The summed E-state index contributed by atoms with van der Waals surface area (Å²) in [5.74, 6) is 1.91. The van der Waals surface area contributed by atoms with Crippen LogP contribution in [0.5, 0.6) is 0 Å². The van der Waals surface area contributed by atoms with Gasteiger partial charge in [0.1, 0.15) is 0 Å². The van der Waals surface area contributed by atoms with E-state index in [1.54, 1.807) is 0 Å². The van der Waals surface area contributed by atoms with E-state index in [2.05, 4.69) is 26.2 Å². The lowest BCUT2D eigenvalue weighted by Crippen LogP contribution is -2.30. The molecular weight excluding hydrogens is 146 g/mol. The minimum absolute atomic E-state index is 0.813. The normalized spacial score (nSPS) is 31.0. The third kappa shape index (κ3) is 3.14. The Morgan fingerprint density at radius 1 is 1.17 bits per heavy atom. The second-order valence-electron chi connectivity index (χ2n) is 4.64. The molecule has 0 aromatic carbocycles. The molecule has 1 aliphatic carbocycles. The van der Waals surface area contributed by atoms with Crippen molar-refractivity contribution in [3.63, 3.8) is 0 Å². The minimum Gasteiger partial charge on any atom is -0.317 e. The van der Waals surface area contributed by atoms with Crippen LogP contribution >= 0.6 is 0 Å². The van der Waals surface area contributed by atoms with Crippen molar-refractivity contribution in [2.45, 2.75) is 52.0 Å². The molecule has 0 saturated heterocycles. The van der Waals surface area contributed by atoms with E-state index in [1.807, 2.05) is 0 Å². The summed E-state index contributed by atoms with van der Waals surface area (Å²) in [7, 11) is 2.09. The highest BCUT2D eigenvalue weighted by Gasteiger charge is 2.20. The summed E-state index contributed by atoms with van der Waals surface area (Å²) in [5, 5.41) is 3.38. The zero-order chi connectivity index (χ0) is 8.97. The lowest BCUT2D eigenvalue weighted by atomic mass is 9.81. The number of nitrogens with one attached hydrogen (secondary N) is 1.